The fraction of sp³-hybridized carbons (Fsp3) is 0.235. The van der Waals surface area contributed by atoms with E-state index in [4.69, 9.17) is 35.4 Å². The lowest BCUT2D eigenvalue weighted by atomic mass is 10.2. The third-order valence-electron chi connectivity index (χ3n) is 3.37. The summed E-state index contributed by atoms with van der Waals surface area (Å²) < 4.78 is 0. The highest BCUT2D eigenvalue weighted by Crippen LogP contribution is 2.23. The van der Waals surface area contributed by atoms with Gasteiger partial charge in [0.05, 0.1) is 0 Å². The Labute approximate surface area is 152 Å². The number of anilines is 3. The van der Waals surface area contributed by atoms with Crippen LogP contribution in [0.15, 0.2) is 42.5 Å². The second-order valence-corrected chi connectivity index (χ2v) is 6.24. The molecule has 0 radical (unpaired) electrons. The molecule has 2 N–H and O–H groups in total. The van der Waals surface area contributed by atoms with Gasteiger partial charge >= 0.3 is 0 Å². The molecule has 122 valence electrons. The molecular weight excluding hydrogens is 349 g/mol. The molecule has 0 aliphatic carbocycles. The van der Waals surface area contributed by atoms with Crippen molar-refractivity contribution in [3.63, 3.8) is 0 Å². The number of hydrogen-bond donors (Lipinski definition) is 2. The Morgan fingerprint density at radius 3 is 1.96 bits per heavy atom. The van der Waals surface area contributed by atoms with E-state index in [9.17, 15) is 0 Å². The quantitative estimate of drug-likeness (QED) is 0.667. The number of benzene rings is 2. The molecule has 0 aromatic heterocycles. The molecule has 3 nitrogen and oxygen atoms in total. The highest BCUT2D eigenvalue weighted by molar-refractivity contribution is 7.80. The number of halogens is 2. The van der Waals surface area contributed by atoms with Gasteiger partial charge in [-0.15, -0.1) is 0 Å². The maximum atomic E-state index is 5.98. The number of rotatable bonds is 5. The number of nitrogens with zero attached hydrogens (tertiary/aromatic N) is 1. The zero-order chi connectivity index (χ0) is 16.8. The van der Waals surface area contributed by atoms with Crippen LogP contribution in [-0.4, -0.2) is 18.2 Å². The minimum absolute atomic E-state index is 0.485. The standard InChI is InChI=1S/C17H19Cl2N3S/c1-3-22(4-2)16-7-5-14(6-8-16)20-17(23)21-15-10-12(18)9-13(19)11-15/h5-11H,3-4H2,1-2H3,(H2,20,21,23). The Morgan fingerprint density at radius 1 is 0.913 bits per heavy atom. The lowest BCUT2D eigenvalue weighted by Crippen LogP contribution is -2.22. The smallest absolute Gasteiger partial charge is 0.175 e. The molecular formula is C17H19Cl2N3S. The van der Waals surface area contributed by atoms with Gasteiger partial charge in [-0.1, -0.05) is 23.2 Å². The van der Waals surface area contributed by atoms with Crippen molar-refractivity contribution < 1.29 is 0 Å². The van der Waals surface area contributed by atoms with E-state index in [-0.39, 0.29) is 0 Å². The van der Waals surface area contributed by atoms with Gasteiger partial charge in [-0.3, -0.25) is 0 Å². The zero-order valence-electron chi connectivity index (χ0n) is 13.1. The lowest BCUT2D eigenvalue weighted by Gasteiger charge is -2.21. The number of thiocarbonyl (C=S) groups is 1. The van der Waals surface area contributed by atoms with Crippen molar-refractivity contribution in [2.45, 2.75) is 13.8 Å². The molecule has 0 aliphatic heterocycles. The molecule has 0 amide bonds. The Balaban J connectivity index is 2.00. The molecule has 0 spiro atoms. The molecule has 0 unspecified atom stereocenters. The van der Waals surface area contributed by atoms with Gasteiger partial charge < -0.3 is 15.5 Å². The summed E-state index contributed by atoms with van der Waals surface area (Å²) >= 11 is 17.3. The monoisotopic (exact) mass is 367 g/mol. The van der Waals surface area contributed by atoms with Crippen LogP contribution in [0.2, 0.25) is 10.0 Å². The molecule has 2 rings (SSSR count). The average molecular weight is 368 g/mol. The largest absolute Gasteiger partial charge is 0.372 e. The zero-order valence-corrected chi connectivity index (χ0v) is 15.4. The first-order valence-electron chi connectivity index (χ1n) is 7.41. The van der Waals surface area contributed by atoms with E-state index in [1.165, 1.54) is 5.69 Å². The van der Waals surface area contributed by atoms with Crippen molar-refractivity contribution in [1.82, 2.24) is 0 Å². The van der Waals surface area contributed by atoms with Crippen LogP contribution in [0, 0.1) is 0 Å². The number of nitrogens with one attached hydrogen (secondary N) is 2. The van der Waals surface area contributed by atoms with Crippen LogP contribution >= 0.6 is 35.4 Å². The molecule has 6 heteroatoms. The van der Waals surface area contributed by atoms with E-state index < -0.39 is 0 Å². The van der Waals surface area contributed by atoms with Gasteiger partial charge in [0, 0.05) is 40.2 Å². The van der Waals surface area contributed by atoms with E-state index in [1.54, 1.807) is 18.2 Å². The molecule has 2 aromatic carbocycles. The molecule has 0 saturated carbocycles. The van der Waals surface area contributed by atoms with E-state index in [0.29, 0.717) is 15.2 Å². The molecule has 2 aromatic rings. The van der Waals surface area contributed by atoms with Crippen molar-refractivity contribution in [2.75, 3.05) is 28.6 Å². The normalized spacial score (nSPS) is 10.3. The maximum Gasteiger partial charge on any atom is 0.175 e. The SMILES string of the molecule is CCN(CC)c1ccc(NC(=S)Nc2cc(Cl)cc(Cl)c2)cc1. The number of hydrogen-bond acceptors (Lipinski definition) is 2. The minimum Gasteiger partial charge on any atom is -0.372 e. The van der Waals surface area contributed by atoms with Gasteiger partial charge in [0.2, 0.25) is 0 Å². The van der Waals surface area contributed by atoms with Crippen molar-refractivity contribution in [2.24, 2.45) is 0 Å². The maximum absolute atomic E-state index is 5.98. The van der Waals surface area contributed by atoms with Crippen molar-refractivity contribution in [3.05, 3.63) is 52.5 Å². The van der Waals surface area contributed by atoms with Gasteiger partial charge in [-0.05, 0) is 68.5 Å². The van der Waals surface area contributed by atoms with E-state index >= 15 is 0 Å². The second-order valence-electron chi connectivity index (χ2n) is 4.96. The highest BCUT2D eigenvalue weighted by Gasteiger charge is 2.04. The van der Waals surface area contributed by atoms with Gasteiger partial charge in [0.1, 0.15) is 0 Å². The summed E-state index contributed by atoms with van der Waals surface area (Å²) in [4.78, 5) is 2.29. The summed E-state index contributed by atoms with van der Waals surface area (Å²) in [6.07, 6.45) is 0. The van der Waals surface area contributed by atoms with Gasteiger partial charge in [0.15, 0.2) is 5.11 Å². The van der Waals surface area contributed by atoms with Gasteiger partial charge in [0.25, 0.3) is 0 Å². The first kappa shape index (κ1) is 17.9. The topological polar surface area (TPSA) is 27.3 Å². The average Bonchev–Trinajstić information content (AvgIpc) is 2.49. The summed E-state index contributed by atoms with van der Waals surface area (Å²) in [5.41, 5.74) is 2.87. The first-order valence-corrected chi connectivity index (χ1v) is 8.57. The van der Waals surface area contributed by atoms with Crippen molar-refractivity contribution >= 4 is 57.6 Å². The third-order valence-corrected chi connectivity index (χ3v) is 4.01. The van der Waals surface area contributed by atoms with E-state index in [2.05, 4.69) is 41.5 Å². The van der Waals surface area contributed by atoms with Gasteiger partial charge in [-0.2, -0.15) is 0 Å². The fourth-order valence-electron chi connectivity index (χ4n) is 2.26. The first-order chi connectivity index (χ1) is 11.0. The molecule has 0 heterocycles. The van der Waals surface area contributed by atoms with E-state index in [0.717, 1.165) is 24.5 Å². The summed E-state index contributed by atoms with van der Waals surface area (Å²) in [6, 6.07) is 13.4. The van der Waals surface area contributed by atoms with E-state index in [1.807, 2.05) is 12.1 Å². The predicted octanol–water partition coefficient (Wildman–Crippen LogP) is 5.65. The Kier molecular flexibility index (Phi) is 6.51. The van der Waals surface area contributed by atoms with Crippen LogP contribution in [0.4, 0.5) is 17.1 Å². The van der Waals surface area contributed by atoms with Crippen LogP contribution in [0.1, 0.15) is 13.8 Å². The molecule has 0 saturated heterocycles. The Hall–Kier alpha value is -1.49. The summed E-state index contributed by atoms with van der Waals surface area (Å²) in [5, 5.41) is 7.83. The molecule has 0 aliphatic rings. The van der Waals surface area contributed by atoms with Crippen LogP contribution in [0.25, 0.3) is 0 Å². The molecule has 0 bridgehead atoms. The fourth-order valence-corrected chi connectivity index (χ4v) is 3.03. The van der Waals surface area contributed by atoms with Crippen LogP contribution in [0.3, 0.4) is 0 Å². The highest BCUT2D eigenvalue weighted by atomic mass is 35.5. The van der Waals surface area contributed by atoms with Crippen LogP contribution in [-0.2, 0) is 0 Å². The van der Waals surface area contributed by atoms with Crippen molar-refractivity contribution in [3.8, 4) is 0 Å². The molecule has 23 heavy (non-hydrogen) atoms. The third kappa shape index (κ3) is 5.27. The molecule has 0 fully saturated rings. The predicted molar refractivity (Wildman–Crippen MR) is 106 cm³/mol. The van der Waals surface area contributed by atoms with Crippen molar-refractivity contribution in [1.29, 1.82) is 0 Å². The lowest BCUT2D eigenvalue weighted by molar-refractivity contribution is 0.866. The minimum atomic E-state index is 0.485. The summed E-state index contributed by atoms with van der Waals surface area (Å²) in [5.74, 6) is 0. The van der Waals surface area contributed by atoms with Gasteiger partial charge in [-0.25, -0.2) is 0 Å². The Morgan fingerprint density at radius 2 is 1.43 bits per heavy atom. The van der Waals surface area contributed by atoms with Crippen LogP contribution in [0.5, 0.6) is 0 Å². The summed E-state index contributed by atoms with van der Waals surface area (Å²) in [6.45, 7) is 6.26. The second kappa shape index (κ2) is 8.39. The summed E-state index contributed by atoms with van der Waals surface area (Å²) in [7, 11) is 0. The van der Waals surface area contributed by atoms with Crippen LogP contribution < -0.4 is 15.5 Å². The Bertz CT molecular complexity index is 650. The molecule has 0 atom stereocenters.